The summed E-state index contributed by atoms with van der Waals surface area (Å²) < 4.78 is 0. The molecule has 1 heterocycles. The van der Waals surface area contributed by atoms with Crippen LogP contribution in [0.15, 0.2) is 53.9 Å². The van der Waals surface area contributed by atoms with Crippen LogP contribution >= 0.6 is 11.8 Å². The highest BCUT2D eigenvalue weighted by Gasteiger charge is 2.37. The SMILES string of the molecule is CCNC(CSc1cnccn1)(C(N)=O)c1ccccc1. The third-order valence-electron chi connectivity index (χ3n) is 3.14. The van der Waals surface area contributed by atoms with Gasteiger partial charge in [-0.05, 0) is 12.1 Å². The number of hydrogen-bond donors (Lipinski definition) is 2. The molecule has 110 valence electrons. The normalized spacial score (nSPS) is 13.6. The highest BCUT2D eigenvalue weighted by Crippen LogP contribution is 2.28. The predicted octanol–water partition coefficient (Wildman–Crippen LogP) is 1.56. The van der Waals surface area contributed by atoms with Crippen molar-refractivity contribution in [3.8, 4) is 0 Å². The zero-order chi connectivity index (χ0) is 15.1. The van der Waals surface area contributed by atoms with Crippen LogP contribution in [-0.4, -0.2) is 28.2 Å². The summed E-state index contributed by atoms with van der Waals surface area (Å²) in [6.07, 6.45) is 4.92. The standard InChI is InChI=1S/C15H18N4OS/c1-2-19-15(14(16)20,12-6-4-3-5-7-12)11-21-13-10-17-8-9-18-13/h3-10,19H,2,11H2,1H3,(H2,16,20). The molecule has 0 saturated heterocycles. The van der Waals surface area contributed by atoms with E-state index in [1.54, 1.807) is 18.6 Å². The number of nitrogens with two attached hydrogens (primary N) is 1. The summed E-state index contributed by atoms with van der Waals surface area (Å²) in [7, 11) is 0. The number of nitrogens with one attached hydrogen (secondary N) is 1. The van der Waals surface area contributed by atoms with Gasteiger partial charge in [0.05, 0.1) is 6.20 Å². The number of aromatic nitrogens is 2. The van der Waals surface area contributed by atoms with Gasteiger partial charge in [-0.25, -0.2) is 4.98 Å². The first-order valence-electron chi connectivity index (χ1n) is 6.68. The first-order chi connectivity index (χ1) is 10.2. The van der Waals surface area contributed by atoms with Gasteiger partial charge in [0.25, 0.3) is 0 Å². The Morgan fingerprint density at radius 3 is 2.67 bits per heavy atom. The number of carbonyl (C=O) groups excluding carboxylic acids is 1. The molecule has 0 fully saturated rings. The van der Waals surface area contributed by atoms with E-state index in [-0.39, 0.29) is 0 Å². The van der Waals surface area contributed by atoms with E-state index in [9.17, 15) is 4.79 Å². The number of nitrogens with zero attached hydrogens (tertiary/aromatic N) is 2. The predicted molar refractivity (Wildman–Crippen MR) is 83.7 cm³/mol. The Morgan fingerprint density at radius 1 is 1.33 bits per heavy atom. The number of primary amides is 1. The minimum absolute atomic E-state index is 0.396. The van der Waals surface area contributed by atoms with Crippen LogP contribution in [0.1, 0.15) is 12.5 Å². The highest BCUT2D eigenvalue weighted by atomic mass is 32.2. The molecule has 0 aliphatic heterocycles. The molecule has 2 rings (SSSR count). The van der Waals surface area contributed by atoms with Gasteiger partial charge in [0.2, 0.25) is 5.91 Å². The van der Waals surface area contributed by atoms with Gasteiger partial charge in [-0.3, -0.25) is 15.1 Å². The second-order valence-electron chi connectivity index (χ2n) is 4.50. The van der Waals surface area contributed by atoms with Crippen molar-refractivity contribution in [3.05, 3.63) is 54.5 Å². The Bertz CT molecular complexity index is 579. The van der Waals surface area contributed by atoms with Crippen LogP contribution in [0, 0.1) is 0 Å². The Balaban J connectivity index is 2.29. The van der Waals surface area contributed by atoms with Crippen molar-refractivity contribution < 1.29 is 4.79 Å². The van der Waals surface area contributed by atoms with E-state index in [2.05, 4.69) is 15.3 Å². The number of rotatable bonds is 7. The Hall–Kier alpha value is -1.92. The van der Waals surface area contributed by atoms with Gasteiger partial charge in [-0.15, -0.1) is 11.8 Å². The molecular weight excluding hydrogens is 284 g/mol. The van der Waals surface area contributed by atoms with Crippen LogP contribution in [0.5, 0.6) is 0 Å². The van der Waals surface area contributed by atoms with E-state index < -0.39 is 11.4 Å². The second kappa shape index (κ2) is 7.19. The van der Waals surface area contributed by atoms with Gasteiger partial charge >= 0.3 is 0 Å². The van der Waals surface area contributed by atoms with Crippen molar-refractivity contribution in [1.29, 1.82) is 0 Å². The fraction of sp³-hybridized carbons (Fsp3) is 0.267. The van der Waals surface area contributed by atoms with Crippen LogP contribution in [0.2, 0.25) is 0 Å². The maximum atomic E-state index is 12.1. The summed E-state index contributed by atoms with van der Waals surface area (Å²) in [6, 6.07) is 9.53. The minimum atomic E-state index is -0.918. The fourth-order valence-electron chi connectivity index (χ4n) is 2.10. The zero-order valence-corrected chi connectivity index (χ0v) is 12.6. The average molecular weight is 302 g/mol. The topological polar surface area (TPSA) is 80.9 Å². The van der Waals surface area contributed by atoms with Gasteiger partial charge in [-0.2, -0.15) is 0 Å². The maximum absolute atomic E-state index is 12.1. The molecule has 2 aromatic rings. The molecule has 0 aliphatic rings. The number of carbonyl (C=O) groups is 1. The van der Waals surface area contributed by atoms with E-state index in [1.165, 1.54) is 11.8 Å². The molecule has 1 aromatic carbocycles. The molecule has 3 N–H and O–H groups in total. The van der Waals surface area contributed by atoms with Gasteiger partial charge in [0, 0.05) is 18.1 Å². The molecule has 0 spiro atoms. The smallest absolute Gasteiger partial charge is 0.243 e. The van der Waals surface area contributed by atoms with Crippen LogP contribution in [-0.2, 0) is 10.3 Å². The summed E-state index contributed by atoms with van der Waals surface area (Å²) >= 11 is 1.45. The lowest BCUT2D eigenvalue weighted by Crippen LogP contribution is -2.54. The van der Waals surface area contributed by atoms with Crippen LogP contribution in [0.4, 0.5) is 0 Å². The van der Waals surface area contributed by atoms with Crippen molar-refractivity contribution in [2.24, 2.45) is 5.73 Å². The molecule has 5 nitrogen and oxygen atoms in total. The maximum Gasteiger partial charge on any atom is 0.243 e. The fourth-order valence-corrected chi connectivity index (χ4v) is 3.15. The molecule has 0 saturated carbocycles. The summed E-state index contributed by atoms with van der Waals surface area (Å²) in [5.74, 6) is 0.0609. The summed E-state index contributed by atoms with van der Waals surface area (Å²) in [5, 5.41) is 4.00. The lowest BCUT2D eigenvalue weighted by atomic mass is 9.91. The molecule has 1 aromatic heterocycles. The number of thioether (sulfide) groups is 1. The van der Waals surface area contributed by atoms with Gasteiger partial charge in [-0.1, -0.05) is 37.3 Å². The largest absolute Gasteiger partial charge is 0.368 e. The van der Waals surface area contributed by atoms with Crippen molar-refractivity contribution in [1.82, 2.24) is 15.3 Å². The Morgan fingerprint density at radius 2 is 2.10 bits per heavy atom. The quantitative estimate of drug-likeness (QED) is 0.759. The average Bonchev–Trinajstić information content (AvgIpc) is 2.53. The molecule has 1 amide bonds. The highest BCUT2D eigenvalue weighted by molar-refractivity contribution is 7.99. The van der Waals surface area contributed by atoms with Crippen molar-refractivity contribution in [2.75, 3.05) is 12.3 Å². The van der Waals surface area contributed by atoms with E-state index in [4.69, 9.17) is 5.73 Å². The van der Waals surface area contributed by atoms with Gasteiger partial charge in [0.1, 0.15) is 10.6 Å². The first kappa shape index (κ1) is 15.5. The summed E-state index contributed by atoms with van der Waals surface area (Å²) in [4.78, 5) is 20.4. The van der Waals surface area contributed by atoms with Gasteiger partial charge in [0.15, 0.2) is 0 Å². The van der Waals surface area contributed by atoms with Crippen LogP contribution < -0.4 is 11.1 Å². The molecule has 0 radical (unpaired) electrons. The number of likely N-dealkylation sites (N-methyl/N-ethyl adjacent to an activating group) is 1. The molecule has 0 aliphatic carbocycles. The van der Waals surface area contributed by atoms with Crippen molar-refractivity contribution in [2.45, 2.75) is 17.5 Å². The molecule has 6 heteroatoms. The lowest BCUT2D eigenvalue weighted by Gasteiger charge is -2.31. The van der Waals surface area contributed by atoms with Gasteiger partial charge < -0.3 is 5.73 Å². The zero-order valence-electron chi connectivity index (χ0n) is 11.8. The van der Waals surface area contributed by atoms with E-state index >= 15 is 0 Å². The Labute approximate surface area is 128 Å². The monoisotopic (exact) mass is 302 g/mol. The third-order valence-corrected chi connectivity index (χ3v) is 4.23. The van der Waals surface area contributed by atoms with Crippen LogP contribution in [0.3, 0.4) is 0 Å². The third kappa shape index (κ3) is 3.59. The first-order valence-corrected chi connectivity index (χ1v) is 7.67. The number of benzene rings is 1. The molecule has 21 heavy (non-hydrogen) atoms. The van der Waals surface area contributed by atoms with E-state index in [0.29, 0.717) is 12.3 Å². The second-order valence-corrected chi connectivity index (χ2v) is 5.49. The molecular formula is C15H18N4OS. The molecule has 0 bridgehead atoms. The van der Waals surface area contributed by atoms with Crippen LogP contribution in [0.25, 0.3) is 0 Å². The molecule has 1 unspecified atom stereocenters. The van der Waals surface area contributed by atoms with Crippen molar-refractivity contribution >= 4 is 17.7 Å². The lowest BCUT2D eigenvalue weighted by molar-refractivity contribution is -0.123. The van der Waals surface area contributed by atoms with E-state index in [0.717, 1.165) is 10.6 Å². The van der Waals surface area contributed by atoms with Crippen molar-refractivity contribution in [3.63, 3.8) is 0 Å². The Kier molecular flexibility index (Phi) is 5.30. The number of hydrogen-bond acceptors (Lipinski definition) is 5. The molecule has 1 atom stereocenters. The number of amides is 1. The van der Waals surface area contributed by atoms with E-state index in [1.807, 2.05) is 37.3 Å². The summed E-state index contributed by atoms with van der Waals surface area (Å²) in [6.45, 7) is 2.59. The summed E-state index contributed by atoms with van der Waals surface area (Å²) in [5.41, 5.74) is 5.64. The minimum Gasteiger partial charge on any atom is -0.368 e.